The van der Waals surface area contributed by atoms with Crippen LogP contribution in [0.4, 0.5) is 0 Å². The Kier molecular flexibility index (Phi) is 9.29. The molecule has 0 aromatic carbocycles. The number of likely N-dealkylation sites (N-methyl/N-ethyl adjacent to an activating group) is 1. The molecule has 0 aliphatic carbocycles. The van der Waals surface area contributed by atoms with Crippen LogP contribution in [-0.2, 0) is 9.47 Å². The zero-order valence-corrected chi connectivity index (χ0v) is 9.88. The van der Waals surface area contributed by atoms with Crippen molar-refractivity contribution in [3.63, 3.8) is 0 Å². The maximum atomic E-state index is 5.02. The molecule has 0 radical (unpaired) electrons. The van der Waals surface area contributed by atoms with Crippen LogP contribution in [0.5, 0.6) is 0 Å². The summed E-state index contributed by atoms with van der Waals surface area (Å²) >= 11 is 0. The zero-order valence-electron chi connectivity index (χ0n) is 9.88. The van der Waals surface area contributed by atoms with Gasteiger partial charge < -0.3 is 19.7 Å². The molecule has 4 heteroatoms. The van der Waals surface area contributed by atoms with Crippen LogP contribution in [0.25, 0.3) is 0 Å². The van der Waals surface area contributed by atoms with Gasteiger partial charge in [-0.15, -0.1) is 0 Å². The van der Waals surface area contributed by atoms with Gasteiger partial charge in [0.05, 0.1) is 13.2 Å². The minimum Gasteiger partial charge on any atom is -0.383 e. The predicted octanol–water partition coefficient (Wildman–Crippen LogP) is 0.189. The van der Waals surface area contributed by atoms with E-state index in [0.717, 1.165) is 32.8 Å². The van der Waals surface area contributed by atoms with Gasteiger partial charge in [0.15, 0.2) is 0 Å². The number of ether oxygens (including phenoxy) is 2. The number of hydrogen-bond donors (Lipinski definition) is 1. The Balaban J connectivity index is 3.36. The molecule has 4 nitrogen and oxygen atoms in total. The summed E-state index contributed by atoms with van der Waals surface area (Å²) in [6, 6.07) is 0.530. The average Bonchev–Trinajstić information content (AvgIpc) is 2.20. The van der Waals surface area contributed by atoms with Crippen molar-refractivity contribution in [2.75, 3.05) is 54.1 Å². The van der Waals surface area contributed by atoms with Crippen LogP contribution < -0.4 is 5.32 Å². The van der Waals surface area contributed by atoms with Crippen molar-refractivity contribution in [1.82, 2.24) is 10.2 Å². The molecule has 0 aromatic heterocycles. The first-order chi connectivity index (χ1) is 6.72. The molecule has 0 spiro atoms. The first-order valence-electron chi connectivity index (χ1n) is 5.11. The van der Waals surface area contributed by atoms with Gasteiger partial charge in [0, 0.05) is 39.9 Å². The third-order valence-corrected chi connectivity index (χ3v) is 2.32. The predicted molar refractivity (Wildman–Crippen MR) is 58.7 cm³/mol. The summed E-state index contributed by atoms with van der Waals surface area (Å²) in [6.07, 6.45) is 0. The standard InChI is InChI=1S/C10H24N2O2/c1-10(9-11-5-7-13-3)12(2)6-8-14-4/h10-11H,5-9H2,1-4H3. The molecular formula is C10H24N2O2. The average molecular weight is 204 g/mol. The Morgan fingerprint density at radius 2 is 1.86 bits per heavy atom. The lowest BCUT2D eigenvalue weighted by Gasteiger charge is -2.24. The van der Waals surface area contributed by atoms with Crippen molar-refractivity contribution in [2.45, 2.75) is 13.0 Å². The van der Waals surface area contributed by atoms with E-state index in [2.05, 4.69) is 24.2 Å². The number of methoxy groups -OCH3 is 2. The number of hydrogen-bond acceptors (Lipinski definition) is 4. The highest BCUT2D eigenvalue weighted by Gasteiger charge is 2.07. The van der Waals surface area contributed by atoms with Gasteiger partial charge >= 0.3 is 0 Å². The molecule has 0 rings (SSSR count). The van der Waals surface area contributed by atoms with Gasteiger partial charge in [0.25, 0.3) is 0 Å². The molecule has 1 unspecified atom stereocenters. The molecule has 0 saturated heterocycles. The topological polar surface area (TPSA) is 33.7 Å². The van der Waals surface area contributed by atoms with E-state index in [-0.39, 0.29) is 0 Å². The SMILES string of the molecule is COCCNCC(C)N(C)CCOC. The van der Waals surface area contributed by atoms with E-state index < -0.39 is 0 Å². The number of nitrogens with one attached hydrogen (secondary N) is 1. The molecule has 86 valence electrons. The maximum Gasteiger partial charge on any atom is 0.0589 e. The van der Waals surface area contributed by atoms with Crippen LogP contribution in [0.1, 0.15) is 6.92 Å². The van der Waals surface area contributed by atoms with Crippen LogP contribution in [0, 0.1) is 0 Å². The van der Waals surface area contributed by atoms with Gasteiger partial charge in [0.1, 0.15) is 0 Å². The quantitative estimate of drug-likeness (QED) is 0.544. The third-order valence-electron chi connectivity index (χ3n) is 2.32. The van der Waals surface area contributed by atoms with Gasteiger partial charge in [-0.3, -0.25) is 0 Å². The lowest BCUT2D eigenvalue weighted by molar-refractivity contribution is 0.140. The van der Waals surface area contributed by atoms with Gasteiger partial charge in [-0.25, -0.2) is 0 Å². The van der Waals surface area contributed by atoms with E-state index in [0.29, 0.717) is 6.04 Å². The molecule has 0 heterocycles. The first kappa shape index (κ1) is 13.8. The van der Waals surface area contributed by atoms with Gasteiger partial charge in [-0.2, -0.15) is 0 Å². The van der Waals surface area contributed by atoms with Crippen LogP contribution in [-0.4, -0.2) is 65.1 Å². The lowest BCUT2D eigenvalue weighted by Crippen LogP contribution is -2.40. The number of nitrogens with zero attached hydrogens (tertiary/aromatic N) is 1. The Labute approximate surface area is 87.6 Å². The Bertz CT molecular complexity index is 123. The molecule has 14 heavy (non-hydrogen) atoms. The molecule has 0 bridgehead atoms. The molecule has 0 amide bonds. The third kappa shape index (κ3) is 7.26. The summed E-state index contributed by atoms with van der Waals surface area (Å²) in [7, 11) is 5.56. The lowest BCUT2D eigenvalue weighted by atomic mass is 10.3. The molecule has 1 N–H and O–H groups in total. The van der Waals surface area contributed by atoms with E-state index in [9.17, 15) is 0 Å². The van der Waals surface area contributed by atoms with Crippen LogP contribution in [0.3, 0.4) is 0 Å². The Hall–Kier alpha value is -0.160. The smallest absolute Gasteiger partial charge is 0.0589 e. The maximum absolute atomic E-state index is 5.02. The second-order valence-electron chi connectivity index (χ2n) is 3.52. The molecule has 0 aliphatic heterocycles. The second kappa shape index (κ2) is 9.40. The van der Waals surface area contributed by atoms with Gasteiger partial charge in [-0.1, -0.05) is 0 Å². The molecular weight excluding hydrogens is 180 g/mol. The normalized spacial score (nSPS) is 13.5. The summed E-state index contributed by atoms with van der Waals surface area (Å²) in [6.45, 7) is 6.65. The first-order valence-corrected chi connectivity index (χ1v) is 5.11. The second-order valence-corrected chi connectivity index (χ2v) is 3.52. The highest BCUT2D eigenvalue weighted by molar-refractivity contribution is 4.65. The van der Waals surface area contributed by atoms with Crippen molar-refractivity contribution in [3.05, 3.63) is 0 Å². The molecule has 0 aromatic rings. The van der Waals surface area contributed by atoms with Crippen molar-refractivity contribution in [2.24, 2.45) is 0 Å². The summed E-state index contributed by atoms with van der Waals surface area (Å²) in [5.74, 6) is 0. The summed E-state index contributed by atoms with van der Waals surface area (Å²) < 4.78 is 9.98. The van der Waals surface area contributed by atoms with Crippen molar-refractivity contribution < 1.29 is 9.47 Å². The Morgan fingerprint density at radius 3 is 2.43 bits per heavy atom. The van der Waals surface area contributed by atoms with Crippen molar-refractivity contribution in [1.29, 1.82) is 0 Å². The van der Waals surface area contributed by atoms with Crippen LogP contribution in [0.2, 0.25) is 0 Å². The van der Waals surface area contributed by atoms with E-state index >= 15 is 0 Å². The van der Waals surface area contributed by atoms with Gasteiger partial charge in [-0.05, 0) is 14.0 Å². The Morgan fingerprint density at radius 1 is 1.21 bits per heavy atom. The van der Waals surface area contributed by atoms with Gasteiger partial charge in [0.2, 0.25) is 0 Å². The fourth-order valence-corrected chi connectivity index (χ4v) is 1.10. The fourth-order valence-electron chi connectivity index (χ4n) is 1.10. The van der Waals surface area contributed by atoms with E-state index in [1.807, 2.05) is 0 Å². The molecule has 0 fully saturated rings. The molecule has 0 saturated carbocycles. The monoisotopic (exact) mass is 204 g/mol. The summed E-state index contributed by atoms with van der Waals surface area (Å²) in [5.41, 5.74) is 0. The largest absolute Gasteiger partial charge is 0.383 e. The van der Waals surface area contributed by atoms with Crippen LogP contribution >= 0.6 is 0 Å². The van der Waals surface area contributed by atoms with Crippen LogP contribution in [0.15, 0.2) is 0 Å². The summed E-state index contributed by atoms with van der Waals surface area (Å²) in [4.78, 5) is 2.28. The zero-order chi connectivity index (χ0) is 10.8. The highest BCUT2D eigenvalue weighted by Crippen LogP contribution is 1.92. The number of rotatable bonds is 9. The summed E-state index contributed by atoms with van der Waals surface area (Å²) in [5, 5.41) is 3.34. The van der Waals surface area contributed by atoms with E-state index in [1.54, 1.807) is 14.2 Å². The van der Waals surface area contributed by atoms with E-state index in [4.69, 9.17) is 9.47 Å². The minimum atomic E-state index is 0.530. The fraction of sp³-hybridized carbons (Fsp3) is 1.00. The minimum absolute atomic E-state index is 0.530. The molecule has 1 atom stereocenters. The van der Waals surface area contributed by atoms with E-state index in [1.165, 1.54) is 0 Å². The molecule has 0 aliphatic rings. The highest BCUT2D eigenvalue weighted by atomic mass is 16.5. The van der Waals surface area contributed by atoms with Crippen molar-refractivity contribution >= 4 is 0 Å². The van der Waals surface area contributed by atoms with Crippen molar-refractivity contribution in [3.8, 4) is 0 Å².